The Bertz CT molecular complexity index is 1490. The zero-order chi connectivity index (χ0) is 26.2. The summed E-state index contributed by atoms with van der Waals surface area (Å²) in [6, 6.07) is 9.22. The van der Waals surface area contributed by atoms with E-state index in [1.165, 1.54) is 25.3 Å². The van der Waals surface area contributed by atoms with Crippen LogP contribution in [0.1, 0.15) is 12.5 Å². The maximum Gasteiger partial charge on any atom is 0.252 e. The Balaban J connectivity index is 1.38. The van der Waals surface area contributed by atoms with Crippen molar-refractivity contribution in [1.82, 2.24) is 9.97 Å². The molecular formula is C26H24ClFN4O5. The third-order valence-corrected chi connectivity index (χ3v) is 6.32. The van der Waals surface area contributed by atoms with Gasteiger partial charge in [-0.2, -0.15) is 0 Å². The fourth-order valence-electron chi connectivity index (χ4n) is 4.17. The van der Waals surface area contributed by atoms with Crippen molar-refractivity contribution in [2.24, 2.45) is 0 Å². The number of amides is 1. The van der Waals surface area contributed by atoms with Crippen LogP contribution in [0.4, 0.5) is 15.8 Å². The molecule has 3 N–H and O–H groups in total. The summed E-state index contributed by atoms with van der Waals surface area (Å²) in [5.74, 6) is 0.192. The number of benzene rings is 2. The Labute approximate surface area is 216 Å². The molecule has 1 aliphatic heterocycles. The number of carbonyl (C=O) groups excluding carboxylic acids is 1. The minimum absolute atomic E-state index is 0.0362. The number of ether oxygens (including phenoxy) is 4. The third-order valence-electron chi connectivity index (χ3n) is 6.02. The highest BCUT2D eigenvalue weighted by Crippen LogP contribution is 2.40. The molecule has 192 valence electrons. The monoisotopic (exact) mass is 526 g/mol. The molecule has 0 saturated carbocycles. The van der Waals surface area contributed by atoms with Gasteiger partial charge >= 0.3 is 0 Å². The lowest BCUT2D eigenvalue weighted by Gasteiger charge is -2.35. The molecule has 0 bridgehead atoms. The van der Waals surface area contributed by atoms with Crippen molar-refractivity contribution >= 4 is 39.9 Å². The van der Waals surface area contributed by atoms with Gasteiger partial charge in [-0.25, -0.2) is 9.37 Å². The van der Waals surface area contributed by atoms with Gasteiger partial charge in [0.05, 0.1) is 41.7 Å². The van der Waals surface area contributed by atoms with Crippen LogP contribution >= 0.6 is 11.6 Å². The first-order chi connectivity index (χ1) is 17.8. The molecule has 0 saturated heterocycles. The van der Waals surface area contributed by atoms with Gasteiger partial charge in [-0.05, 0) is 31.2 Å². The Morgan fingerprint density at radius 3 is 2.76 bits per heavy atom. The highest BCUT2D eigenvalue weighted by molar-refractivity contribution is 6.32. The number of para-hydroxylation sites is 1. The molecule has 1 amide bonds. The number of nitrogens with zero attached hydrogens (tertiary/aromatic N) is 1. The summed E-state index contributed by atoms with van der Waals surface area (Å²) < 4.78 is 36.3. The van der Waals surface area contributed by atoms with Crippen molar-refractivity contribution < 1.29 is 28.1 Å². The molecule has 5 rings (SSSR count). The van der Waals surface area contributed by atoms with Crippen LogP contribution < -0.4 is 24.8 Å². The second kappa shape index (κ2) is 9.79. The number of aromatic nitrogens is 2. The van der Waals surface area contributed by atoms with Crippen molar-refractivity contribution in [1.29, 1.82) is 0 Å². The summed E-state index contributed by atoms with van der Waals surface area (Å²) in [4.78, 5) is 20.2. The zero-order valence-electron chi connectivity index (χ0n) is 20.3. The van der Waals surface area contributed by atoms with Gasteiger partial charge in [-0.15, -0.1) is 0 Å². The average molecular weight is 527 g/mol. The van der Waals surface area contributed by atoms with Crippen molar-refractivity contribution in [3.63, 3.8) is 0 Å². The molecule has 11 heteroatoms. The van der Waals surface area contributed by atoms with Gasteiger partial charge in [0.25, 0.3) is 5.91 Å². The molecule has 0 unspecified atom stereocenters. The topological polar surface area (TPSA) is 107 Å². The van der Waals surface area contributed by atoms with Crippen molar-refractivity contribution in [2.45, 2.75) is 19.1 Å². The highest BCUT2D eigenvalue weighted by atomic mass is 35.5. The molecule has 3 heterocycles. The molecule has 9 nitrogen and oxygen atoms in total. The Kier molecular flexibility index (Phi) is 6.53. The van der Waals surface area contributed by atoms with E-state index in [1.807, 2.05) is 0 Å². The number of fused-ring (bicyclic) bond motifs is 3. The minimum atomic E-state index is -0.953. The number of rotatable bonds is 8. The summed E-state index contributed by atoms with van der Waals surface area (Å²) in [6.07, 6.45) is 3.38. The number of hydrogen-bond acceptors (Lipinski definition) is 7. The zero-order valence-corrected chi connectivity index (χ0v) is 21.0. The Hall–Kier alpha value is -4.02. The van der Waals surface area contributed by atoms with E-state index >= 15 is 0 Å². The molecule has 2 aromatic carbocycles. The number of H-pyrrole nitrogens is 1. The number of pyridine rings is 1. The van der Waals surface area contributed by atoms with Gasteiger partial charge < -0.3 is 34.6 Å². The van der Waals surface area contributed by atoms with Gasteiger partial charge in [-0.3, -0.25) is 4.79 Å². The maximum atomic E-state index is 14.2. The van der Waals surface area contributed by atoms with Crippen LogP contribution in [0, 0.1) is 5.82 Å². The molecule has 0 aliphatic carbocycles. The van der Waals surface area contributed by atoms with Crippen LogP contribution in [0.5, 0.6) is 23.0 Å². The molecule has 37 heavy (non-hydrogen) atoms. The molecule has 2 aromatic heterocycles. The quantitative estimate of drug-likeness (QED) is 0.278. The molecule has 1 atom stereocenters. The predicted molar refractivity (Wildman–Crippen MR) is 137 cm³/mol. The lowest BCUT2D eigenvalue weighted by Crippen LogP contribution is -2.53. The molecule has 4 aromatic rings. The van der Waals surface area contributed by atoms with Crippen molar-refractivity contribution in [3.05, 3.63) is 65.2 Å². The standard InChI is InChI=1S/C26H24ClFN4O5/c1-26(13-34-2)25(33)31-18-11-30-24-21(22(18)32-26)14(10-29-24)12-36-19-8-7-15(9-16(19)27)37-23-17(28)5-4-6-20(23)35-3/h4-11,32H,12-13H2,1-3H3,(H,29,30)(H,31,33)/t26-/m0/s1. The summed E-state index contributed by atoms with van der Waals surface area (Å²) in [5, 5.41) is 7.27. The van der Waals surface area contributed by atoms with E-state index in [4.69, 9.17) is 30.5 Å². The van der Waals surface area contributed by atoms with E-state index in [9.17, 15) is 9.18 Å². The van der Waals surface area contributed by atoms with E-state index in [0.29, 0.717) is 22.8 Å². The summed E-state index contributed by atoms with van der Waals surface area (Å²) in [7, 11) is 2.98. The smallest absolute Gasteiger partial charge is 0.252 e. The summed E-state index contributed by atoms with van der Waals surface area (Å²) in [5.41, 5.74) is 1.77. The number of hydrogen-bond donors (Lipinski definition) is 3. The number of halogens is 2. The van der Waals surface area contributed by atoms with Crippen molar-refractivity contribution in [2.75, 3.05) is 31.5 Å². The van der Waals surface area contributed by atoms with Crippen LogP contribution in [-0.4, -0.2) is 42.2 Å². The average Bonchev–Trinajstić information content (AvgIpc) is 3.29. The Morgan fingerprint density at radius 2 is 2.00 bits per heavy atom. The lowest BCUT2D eigenvalue weighted by molar-refractivity contribution is -0.121. The van der Waals surface area contributed by atoms with Gasteiger partial charge in [-0.1, -0.05) is 17.7 Å². The first-order valence-corrected chi connectivity index (χ1v) is 11.7. The fourth-order valence-corrected chi connectivity index (χ4v) is 4.39. The van der Waals surface area contributed by atoms with Crippen molar-refractivity contribution in [3.8, 4) is 23.0 Å². The Morgan fingerprint density at radius 1 is 1.16 bits per heavy atom. The van der Waals surface area contributed by atoms with Crippen LogP contribution in [0.3, 0.4) is 0 Å². The van der Waals surface area contributed by atoms with E-state index in [2.05, 4.69) is 20.6 Å². The molecular weight excluding hydrogens is 503 g/mol. The van der Waals surface area contributed by atoms with Gasteiger partial charge in [0.1, 0.15) is 29.3 Å². The van der Waals surface area contributed by atoms with Crippen LogP contribution in [0.25, 0.3) is 11.0 Å². The predicted octanol–water partition coefficient (Wildman–Crippen LogP) is 5.50. The van der Waals surface area contributed by atoms with Gasteiger partial charge in [0, 0.05) is 24.9 Å². The van der Waals surface area contributed by atoms with E-state index in [0.717, 1.165) is 16.6 Å². The second-order valence-corrected chi connectivity index (χ2v) is 9.09. The summed E-state index contributed by atoms with van der Waals surface area (Å²) >= 11 is 6.45. The van der Waals surface area contributed by atoms with Gasteiger partial charge in [0.2, 0.25) is 5.75 Å². The number of nitrogens with one attached hydrogen (secondary N) is 3. The van der Waals surface area contributed by atoms with Crippen LogP contribution in [-0.2, 0) is 16.1 Å². The number of methoxy groups -OCH3 is 2. The van der Waals surface area contributed by atoms with Crippen LogP contribution in [0.2, 0.25) is 5.02 Å². The van der Waals surface area contributed by atoms with E-state index in [-0.39, 0.29) is 35.6 Å². The number of carbonyl (C=O) groups is 1. The summed E-state index contributed by atoms with van der Waals surface area (Å²) in [6.45, 7) is 2.11. The maximum absolute atomic E-state index is 14.2. The molecule has 0 radical (unpaired) electrons. The van der Waals surface area contributed by atoms with E-state index < -0.39 is 11.4 Å². The lowest BCUT2D eigenvalue weighted by atomic mass is 9.97. The number of aromatic amines is 1. The number of anilines is 2. The minimum Gasteiger partial charge on any atom is -0.493 e. The SMILES string of the molecule is COC[C@]1(C)Nc2c(cnc3[nH]cc(COc4ccc(Oc5c(F)cccc5OC)cc4Cl)c23)NC1=O. The molecule has 0 spiro atoms. The highest BCUT2D eigenvalue weighted by Gasteiger charge is 2.39. The molecule has 0 fully saturated rings. The second-order valence-electron chi connectivity index (χ2n) is 8.68. The third kappa shape index (κ3) is 4.61. The van der Waals surface area contributed by atoms with Crippen LogP contribution in [0.15, 0.2) is 48.8 Å². The van der Waals surface area contributed by atoms with Gasteiger partial charge in [0.15, 0.2) is 11.6 Å². The first-order valence-electron chi connectivity index (χ1n) is 11.3. The molecule has 1 aliphatic rings. The fraction of sp³-hybridized carbons (Fsp3) is 0.231. The normalized spacial score (nSPS) is 16.6. The first kappa shape index (κ1) is 24.7. The van der Waals surface area contributed by atoms with E-state index in [1.54, 1.807) is 44.6 Å². The largest absolute Gasteiger partial charge is 0.493 e.